The second-order valence-corrected chi connectivity index (χ2v) is 3.98. The molecule has 1 aromatic carbocycles. The van der Waals surface area contributed by atoms with Crippen molar-refractivity contribution in [2.75, 3.05) is 25.1 Å². The Morgan fingerprint density at radius 1 is 1.20 bits per heavy atom. The molecular formula is C13H17NO. The van der Waals surface area contributed by atoms with Gasteiger partial charge in [-0.1, -0.05) is 18.2 Å². The standard InChI is InChI=1S/C13H17NO/c1-14(8-9-15)13-7-6-11-4-2-3-5-12(11)10-13/h2-3,6-7,10,15H,4-5,8-9H2,1H3. The monoisotopic (exact) mass is 203 g/mol. The van der Waals surface area contributed by atoms with E-state index in [9.17, 15) is 0 Å². The van der Waals surface area contributed by atoms with Gasteiger partial charge in [0, 0.05) is 19.3 Å². The lowest BCUT2D eigenvalue weighted by atomic mass is 9.96. The number of hydrogen-bond donors (Lipinski definition) is 1. The summed E-state index contributed by atoms with van der Waals surface area (Å²) in [5.41, 5.74) is 4.04. The third-order valence-corrected chi connectivity index (χ3v) is 2.91. The van der Waals surface area contributed by atoms with Crippen molar-refractivity contribution < 1.29 is 5.11 Å². The van der Waals surface area contributed by atoms with Gasteiger partial charge in [-0.3, -0.25) is 0 Å². The molecule has 1 N–H and O–H groups in total. The maximum Gasteiger partial charge on any atom is 0.0606 e. The highest BCUT2D eigenvalue weighted by atomic mass is 16.3. The Labute approximate surface area is 90.8 Å². The van der Waals surface area contributed by atoms with Gasteiger partial charge in [-0.2, -0.15) is 0 Å². The molecule has 1 aliphatic rings. The van der Waals surface area contributed by atoms with Crippen molar-refractivity contribution in [1.82, 2.24) is 0 Å². The van der Waals surface area contributed by atoms with E-state index >= 15 is 0 Å². The van der Waals surface area contributed by atoms with Gasteiger partial charge in [0.15, 0.2) is 0 Å². The van der Waals surface area contributed by atoms with Gasteiger partial charge in [-0.05, 0) is 36.1 Å². The maximum absolute atomic E-state index is 8.88. The minimum absolute atomic E-state index is 0.202. The third-order valence-electron chi connectivity index (χ3n) is 2.91. The molecular weight excluding hydrogens is 186 g/mol. The van der Waals surface area contributed by atoms with Crippen LogP contribution in [0, 0.1) is 0 Å². The van der Waals surface area contributed by atoms with Crippen LogP contribution in [0.15, 0.2) is 30.4 Å². The van der Waals surface area contributed by atoms with Crippen LogP contribution in [0.2, 0.25) is 0 Å². The number of benzene rings is 1. The fourth-order valence-corrected chi connectivity index (χ4v) is 1.94. The van der Waals surface area contributed by atoms with E-state index in [2.05, 4.69) is 35.3 Å². The Morgan fingerprint density at radius 3 is 2.67 bits per heavy atom. The van der Waals surface area contributed by atoms with Crippen molar-refractivity contribution in [3.8, 4) is 0 Å². The van der Waals surface area contributed by atoms with Crippen LogP contribution in [0.25, 0.3) is 0 Å². The second-order valence-electron chi connectivity index (χ2n) is 3.98. The second kappa shape index (κ2) is 4.49. The molecule has 2 nitrogen and oxygen atoms in total. The van der Waals surface area contributed by atoms with E-state index in [1.807, 2.05) is 7.05 Å². The van der Waals surface area contributed by atoms with Crippen molar-refractivity contribution in [1.29, 1.82) is 0 Å². The highest BCUT2D eigenvalue weighted by molar-refractivity contribution is 5.52. The SMILES string of the molecule is CN(CCO)c1ccc2c(c1)CC=CC2. The summed E-state index contributed by atoms with van der Waals surface area (Å²) in [5, 5.41) is 8.88. The molecule has 0 fully saturated rings. The summed E-state index contributed by atoms with van der Waals surface area (Å²) in [6.45, 7) is 0.891. The zero-order chi connectivity index (χ0) is 10.7. The molecule has 2 rings (SSSR count). The Bertz CT molecular complexity index is 371. The number of allylic oxidation sites excluding steroid dienone is 2. The molecule has 0 spiro atoms. The highest BCUT2D eigenvalue weighted by Crippen LogP contribution is 2.22. The Kier molecular flexibility index (Phi) is 3.07. The van der Waals surface area contributed by atoms with Crippen LogP contribution in [-0.4, -0.2) is 25.3 Å². The van der Waals surface area contributed by atoms with Crippen LogP contribution in [0.4, 0.5) is 5.69 Å². The lowest BCUT2D eigenvalue weighted by Gasteiger charge is -2.20. The van der Waals surface area contributed by atoms with E-state index in [-0.39, 0.29) is 6.61 Å². The summed E-state index contributed by atoms with van der Waals surface area (Å²) in [6, 6.07) is 6.56. The first-order valence-electron chi connectivity index (χ1n) is 5.40. The number of rotatable bonds is 3. The average Bonchev–Trinajstić information content (AvgIpc) is 2.29. The minimum Gasteiger partial charge on any atom is -0.395 e. The van der Waals surface area contributed by atoms with Gasteiger partial charge >= 0.3 is 0 Å². The van der Waals surface area contributed by atoms with E-state index in [0.29, 0.717) is 6.54 Å². The van der Waals surface area contributed by atoms with E-state index in [4.69, 9.17) is 5.11 Å². The Balaban J connectivity index is 2.22. The number of nitrogens with zero attached hydrogens (tertiary/aromatic N) is 1. The predicted octanol–water partition coefficient (Wildman–Crippen LogP) is 1.77. The number of hydrogen-bond acceptors (Lipinski definition) is 2. The van der Waals surface area contributed by atoms with Crippen molar-refractivity contribution in [3.63, 3.8) is 0 Å². The van der Waals surface area contributed by atoms with Crippen molar-refractivity contribution in [2.24, 2.45) is 0 Å². The molecule has 0 unspecified atom stereocenters. The Morgan fingerprint density at radius 2 is 1.93 bits per heavy atom. The van der Waals surface area contributed by atoms with E-state index < -0.39 is 0 Å². The number of anilines is 1. The smallest absolute Gasteiger partial charge is 0.0606 e. The van der Waals surface area contributed by atoms with Crippen molar-refractivity contribution in [2.45, 2.75) is 12.8 Å². The molecule has 2 heteroatoms. The van der Waals surface area contributed by atoms with Crippen LogP contribution >= 0.6 is 0 Å². The topological polar surface area (TPSA) is 23.5 Å². The van der Waals surface area contributed by atoms with Crippen LogP contribution in [0.5, 0.6) is 0 Å². The molecule has 15 heavy (non-hydrogen) atoms. The van der Waals surface area contributed by atoms with Gasteiger partial charge in [-0.15, -0.1) is 0 Å². The summed E-state index contributed by atoms with van der Waals surface area (Å²) in [4.78, 5) is 2.08. The van der Waals surface area contributed by atoms with Gasteiger partial charge in [-0.25, -0.2) is 0 Å². The fourth-order valence-electron chi connectivity index (χ4n) is 1.94. The first-order valence-corrected chi connectivity index (χ1v) is 5.40. The summed E-state index contributed by atoms with van der Waals surface area (Å²) in [6.07, 6.45) is 6.53. The van der Waals surface area contributed by atoms with Crippen LogP contribution < -0.4 is 4.90 Å². The third kappa shape index (κ3) is 2.21. The van der Waals surface area contributed by atoms with Gasteiger partial charge < -0.3 is 10.0 Å². The molecule has 0 radical (unpaired) electrons. The van der Waals surface area contributed by atoms with Crippen LogP contribution in [-0.2, 0) is 12.8 Å². The molecule has 0 atom stereocenters. The average molecular weight is 203 g/mol. The number of fused-ring (bicyclic) bond motifs is 1. The van der Waals surface area contributed by atoms with Crippen molar-refractivity contribution >= 4 is 5.69 Å². The van der Waals surface area contributed by atoms with E-state index in [1.54, 1.807) is 0 Å². The predicted molar refractivity (Wildman–Crippen MR) is 63.3 cm³/mol. The zero-order valence-corrected chi connectivity index (χ0v) is 9.11. The van der Waals surface area contributed by atoms with Crippen LogP contribution in [0.1, 0.15) is 11.1 Å². The molecule has 0 aromatic heterocycles. The van der Waals surface area contributed by atoms with Gasteiger partial charge in [0.25, 0.3) is 0 Å². The number of aliphatic hydroxyl groups excluding tert-OH is 1. The minimum atomic E-state index is 0.202. The molecule has 1 aliphatic carbocycles. The summed E-state index contributed by atoms with van der Waals surface area (Å²) < 4.78 is 0. The molecule has 0 bridgehead atoms. The first-order chi connectivity index (χ1) is 7.31. The van der Waals surface area contributed by atoms with E-state index in [1.165, 1.54) is 16.8 Å². The molecule has 0 aliphatic heterocycles. The Hall–Kier alpha value is -1.28. The quantitative estimate of drug-likeness (QED) is 0.757. The maximum atomic E-state index is 8.88. The normalized spacial score (nSPS) is 13.7. The molecule has 0 amide bonds. The molecule has 0 saturated heterocycles. The van der Waals surface area contributed by atoms with Gasteiger partial charge in [0.05, 0.1) is 6.61 Å². The number of aliphatic hydroxyl groups is 1. The van der Waals surface area contributed by atoms with Gasteiger partial charge in [0.2, 0.25) is 0 Å². The number of likely N-dealkylation sites (N-methyl/N-ethyl adjacent to an activating group) is 1. The van der Waals surface area contributed by atoms with E-state index in [0.717, 1.165) is 12.8 Å². The molecule has 1 aromatic rings. The first kappa shape index (κ1) is 10.2. The molecule has 0 heterocycles. The molecule has 0 saturated carbocycles. The summed E-state index contributed by atoms with van der Waals surface area (Å²) in [5.74, 6) is 0. The summed E-state index contributed by atoms with van der Waals surface area (Å²) in [7, 11) is 2.01. The lowest BCUT2D eigenvalue weighted by Crippen LogP contribution is -2.21. The van der Waals surface area contributed by atoms with Gasteiger partial charge in [0.1, 0.15) is 0 Å². The fraction of sp³-hybridized carbons (Fsp3) is 0.385. The van der Waals surface area contributed by atoms with Crippen LogP contribution in [0.3, 0.4) is 0 Å². The zero-order valence-electron chi connectivity index (χ0n) is 9.11. The van der Waals surface area contributed by atoms with Crippen molar-refractivity contribution in [3.05, 3.63) is 41.5 Å². The summed E-state index contributed by atoms with van der Waals surface area (Å²) >= 11 is 0. The lowest BCUT2D eigenvalue weighted by molar-refractivity contribution is 0.304. The molecule has 80 valence electrons. The largest absolute Gasteiger partial charge is 0.395 e. The highest BCUT2D eigenvalue weighted by Gasteiger charge is 2.07.